The van der Waals surface area contributed by atoms with E-state index < -0.39 is 0 Å². The number of amides is 1. The summed E-state index contributed by atoms with van der Waals surface area (Å²) in [5, 5.41) is 12.7. The van der Waals surface area contributed by atoms with E-state index in [-0.39, 0.29) is 11.9 Å². The number of ether oxygens (including phenoxy) is 3. The van der Waals surface area contributed by atoms with E-state index in [9.17, 15) is 4.79 Å². The van der Waals surface area contributed by atoms with Gasteiger partial charge < -0.3 is 41.2 Å². The molecule has 0 radical (unpaired) electrons. The highest BCUT2D eigenvalue weighted by Gasteiger charge is 2.12. The van der Waals surface area contributed by atoms with Crippen molar-refractivity contribution in [3.05, 3.63) is 59.7 Å². The Morgan fingerprint density at radius 3 is 2.32 bits per heavy atom. The molecule has 3 rings (SSSR count). The van der Waals surface area contributed by atoms with Gasteiger partial charge in [0, 0.05) is 36.9 Å². The van der Waals surface area contributed by atoms with E-state index in [0.717, 1.165) is 24.2 Å². The maximum absolute atomic E-state index is 12.7. The normalized spacial score (nSPS) is 10.9. The van der Waals surface area contributed by atoms with E-state index in [1.54, 1.807) is 25.3 Å². The van der Waals surface area contributed by atoms with Gasteiger partial charge in [-0.2, -0.15) is 15.0 Å². The van der Waals surface area contributed by atoms with Crippen molar-refractivity contribution in [2.45, 2.75) is 39.3 Å². The Kier molecular flexibility index (Phi) is 13.6. The number of benzene rings is 2. The van der Waals surface area contributed by atoms with Gasteiger partial charge in [0.2, 0.25) is 17.8 Å². The first-order chi connectivity index (χ1) is 20.0. The van der Waals surface area contributed by atoms with Gasteiger partial charge in [0.15, 0.2) is 0 Å². The lowest BCUT2D eigenvalue weighted by Crippen LogP contribution is -2.27. The highest BCUT2D eigenvalue weighted by molar-refractivity contribution is 5.95. The lowest BCUT2D eigenvalue weighted by atomic mass is 10.2. The fourth-order valence-electron chi connectivity index (χ4n) is 3.79. The fraction of sp³-hybridized carbons (Fsp3) is 0.448. The lowest BCUT2D eigenvalue weighted by molar-refractivity contribution is 0.0511. The average molecular weight is 567 g/mol. The van der Waals surface area contributed by atoms with Gasteiger partial charge in [0.25, 0.3) is 5.91 Å². The molecule has 12 nitrogen and oxygen atoms in total. The standard InChI is InChI=1S/C29H42N8O4/c1-4-23(5-2)33-28-35-27(32-20-21-9-11-25(39-3)12-10-21)36-29(37-28)34-24-8-6-7-22(19-24)26(38)31-14-16-41-18-17-40-15-13-30/h6-12,19,23H,4-5,13-18,20,30H2,1-3H3,(H,31,38)(H3,32,33,34,35,36,37). The number of methoxy groups -OCH3 is 1. The molecule has 0 fully saturated rings. The van der Waals surface area contributed by atoms with E-state index in [4.69, 9.17) is 19.9 Å². The third kappa shape index (κ3) is 11.2. The first kappa shape index (κ1) is 31.5. The molecule has 0 bridgehead atoms. The fourth-order valence-corrected chi connectivity index (χ4v) is 3.79. The van der Waals surface area contributed by atoms with Crippen molar-refractivity contribution in [1.82, 2.24) is 20.3 Å². The summed E-state index contributed by atoms with van der Waals surface area (Å²) in [4.78, 5) is 26.4. The summed E-state index contributed by atoms with van der Waals surface area (Å²) < 4.78 is 16.0. The number of nitrogens with one attached hydrogen (secondary N) is 4. The number of nitrogens with zero attached hydrogens (tertiary/aromatic N) is 3. The van der Waals surface area contributed by atoms with E-state index in [2.05, 4.69) is 50.1 Å². The summed E-state index contributed by atoms with van der Waals surface area (Å²) in [5.74, 6) is 1.84. The Labute approximate surface area is 241 Å². The van der Waals surface area contributed by atoms with Crippen molar-refractivity contribution < 1.29 is 19.0 Å². The lowest BCUT2D eigenvalue weighted by Gasteiger charge is -2.16. The Hall–Kier alpha value is -4.00. The van der Waals surface area contributed by atoms with Gasteiger partial charge in [-0.05, 0) is 48.7 Å². The number of aromatic nitrogens is 3. The molecule has 0 atom stereocenters. The molecule has 0 unspecified atom stereocenters. The second-order valence-corrected chi connectivity index (χ2v) is 9.14. The van der Waals surface area contributed by atoms with Crippen LogP contribution in [0.2, 0.25) is 0 Å². The second kappa shape index (κ2) is 17.6. The second-order valence-electron chi connectivity index (χ2n) is 9.14. The molecule has 0 spiro atoms. The number of carbonyl (C=O) groups is 1. The number of nitrogens with two attached hydrogens (primary N) is 1. The van der Waals surface area contributed by atoms with Gasteiger partial charge in [0.05, 0.1) is 33.5 Å². The molecule has 0 saturated carbocycles. The number of anilines is 4. The molecular formula is C29H42N8O4. The summed E-state index contributed by atoms with van der Waals surface area (Å²) in [6.07, 6.45) is 1.87. The van der Waals surface area contributed by atoms with Gasteiger partial charge in [0.1, 0.15) is 5.75 Å². The largest absolute Gasteiger partial charge is 0.497 e. The zero-order valence-electron chi connectivity index (χ0n) is 24.1. The quantitative estimate of drug-likeness (QED) is 0.135. The van der Waals surface area contributed by atoms with Crippen LogP contribution >= 0.6 is 0 Å². The van der Waals surface area contributed by atoms with Crippen LogP contribution in [0.1, 0.15) is 42.6 Å². The number of rotatable bonds is 19. The molecule has 1 aromatic heterocycles. The van der Waals surface area contributed by atoms with E-state index in [1.807, 2.05) is 30.3 Å². The minimum Gasteiger partial charge on any atom is -0.497 e. The molecular weight excluding hydrogens is 524 g/mol. The molecule has 1 amide bonds. The van der Waals surface area contributed by atoms with Gasteiger partial charge in [-0.1, -0.05) is 32.0 Å². The van der Waals surface area contributed by atoms with Gasteiger partial charge in [-0.15, -0.1) is 0 Å². The molecule has 0 aliphatic rings. The predicted molar refractivity (Wildman–Crippen MR) is 161 cm³/mol. The minimum atomic E-state index is -0.204. The number of carbonyl (C=O) groups excluding carboxylic acids is 1. The zero-order chi connectivity index (χ0) is 29.3. The first-order valence-corrected chi connectivity index (χ1v) is 13.9. The van der Waals surface area contributed by atoms with Crippen LogP contribution in [0.25, 0.3) is 0 Å². The van der Waals surface area contributed by atoms with Crippen molar-refractivity contribution in [1.29, 1.82) is 0 Å². The molecule has 0 saturated heterocycles. The van der Waals surface area contributed by atoms with Crippen LogP contribution in [0.4, 0.5) is 23.5 Å². The topological polar surface area (TPSA) is 158 Å². The minimum absolute atomic E-state index is 0.204. The summed E-state index contributed by atoms with van der Waals surface area (Å²) in [6, 6.07) is 15.2. The summed E-state index contributed by atoms with van der Waals surface area (Å²) in [7, 11) is 1.64. The van der Waals surface area contributed by atoms with Crippen LogP contribution < -0.4 is 31.7 Å². The van der Waals surface area contributed by atoms with Crippen molar-refractivity contribution in [3.63, 3.8) is 0 Å². The maximum Gasteiger partial charge on any atom is 0.251 e. The molecule has 12 heteroatoms. The average Bonchev–Trinajstić information content (AvgIpc) is 3.00. The predicted octanol–water partition coefficient (Wildman–Crippen LogP) is 3.56. The Morgan fingerprint density at radius 2 is 1.61 bits per heavy atom. The molecule has 2 aromatic carbocycles. The highest BCUT2D eigenvalue weighted by atomic mass is 16.5. The third-order valence-electron chi connectivity index (χ3n) is 6.11. The summed E-state index contributed by atoms with van der Waals surface area (Å²) >= 11 is 0. The zero-order valence-corrected chi connectivity index (χ0v) is 24.1. The molecule has 6 N–H and O–H groups in total. The van der Waals surface area contributed by atoms with Crippen LogP contribution in [0.15, 0.2) is 48.5 Å². The van der Waals surface area contributed by atoms with Crippen molar-refractivity contribution in [2.24, 2.45) is 5.73 Å². The van der Waals surface area contributed by atoms with Gasteiger partial charge in [-0.25, -0.2) is 0 Å². The number of hydrogen-bond acceptors (Lipinski definition) is 11. The van der Waals surface area contributed by atoms with Gasteiger partial charge >= 0.3 is 0 Å². The van der Waals surface area contributed by atoms with Crippen molar-refractivity contribution in [2.75, 3.05) is 62.6 Å². The molecule has 1 heterocycles. The highest BCUT2D eigenvalue weighted by Crippen LogP contribution is 2.19. The smallest absolute Gasteiger partial charge is 0.251 e. The van der Waals surface area contributed by atoms with Crippen molar-refractivity contribution >= 4 is 29.4 Å². The summed E-state index contributed by atoms with van der Waals surface area (Å²) in [6.45, 7) is 7.44. The SMILES string of the molecule is CCC(CC)Nc1nc(NCc2ccc(OC)cc2)nc(Nc2cccc(C(=O)NCCOCCOCCN)c2)n1. The van der Waals surface area contributed by atoms with E-state index >= 15 is 0 Å². The monoisotopic (exact) mass is 566 g/mol. The number of hydrogen-bond donors (Lipinski definition) is 5. The molecule has 41 heavy (non-hydrogen) atoms. The summed E-state index contributed by atoms with van der Waals surface area (Å²) in [5.41, 5.74) is 7.61. The van der Waals surface area contributed by atoms with Crippen LogP contribution in [-0.2, 0) is 16.0 Å². The molecule has 3 aromatic rings. The van der Waals surface area contributed by atoms with Gasteiger partial charge in [-0.3, -0.25) is 4.79 Å². The van der Waals surface area contributed by atoms with E-state index in [1.165, 1.54) is 0 Å². The third-order valence-corrected chi connectivity index (χ3v) is 6.11. The molecule has 0 aliphatic carbocycles. The maximum atomic E-state index is 12.7. The van der Waals surface area contributed by atoms with Crippen molar-refractivity contribution in [3.8, 4) is 5.75 Å². The molecule has 0 aliphatic heterocycles. The van der Waals surface area contributed by atoms with Crippen LogP contribution in [-0.4, -0.2) is 73.5 Å². The van der Waals surface area contributed by atoms with Crippen LogP contribution in [0.5, 0.6) is 5.75 Å². The molecule has 222 valence electrons. The van der Waals surface area contributed by atoms with Crippen LogP contribution in [0.3, 0.4) is 0 Å². The first-order valence-electron chi connectivity index (χ1n) is 13.9. The van der Waals surface area contributed by atoms with Crippen LogP contribution in [0, 0.1) is 0 Å². The Morgan fingerprint density at radius 1 is 0.902 bits per heavy atom. The Bertz CT molecular complexity index is 1190. The Balaban J connectivity index is 1.64. The van der Waals surface area contributed by atoms with E-state index in [0.29, 0.717) is 75.2 Å².